The molecule has 1 aromatic carbocycles. The monoisotopic (exact) mass is 210 g/mol. The number of aliphatic hydroxyl groups is 2. The maximum atomic E-state index is 11.0. The van der Waals surface area contributed by atoms with E-state index >= 15 is 0 Å². The zero-order chi connectivity index (χ0) is 11.1. The number of ether oxygens (including phenoxy) is 1. The lowest BCUT2D eigenvalue weighted by atomic mass is 10.2. The van der Waals surface area contributed by atoms with Crippen LogP contribution in [0, 0.1) is 0 Å². The molecule has 0 heterocycles. The Labute approximate surface area is 88.1 Å². The molecule has 0 saturated carbocycles. The van der Waals surface area contributed by atoms with Crippen molar-refractivity contribution in [2.45, 2.75) is 12.7 Å². The van der Waals surface area contributed by atoms with Gasteiger partial charge in [0.15, 0.2) is 5.78 Å². The topological polar surface area (TPSA) is 66.8 Å². The molecule has 0 aliphatic rings. The summed E-state index contributed by atoms with van der Waals surface area (Å²) in [5.41, 5.74) is 0.962. The summed E-state index contributed by atoms with van der Waals surface area (Å²) in [6, 6.07) is 9.41. The quantitative estimate of drug-likeness (QED) is 0.700. The molecule has 0 bridgehead atoms. The van der Waals surface area contributed by atoms with Gasteiger partial charge in [0.1, 0.15) is 12.7 Å². The Morgan fingerprint density at radius 2 is 2.00 bits per heavy atom. The Kier molecular flexibility index (Phi) is 4.97. The van der Waals surface area contributed by atoms with Crippen LogP contribution in [-0.2, 0) is 16.1 Å². The normalized spacial score (nSPS) is 12.4. The van der Waals surface area contributed by atoms with Crippen LogP contribution in [0.3, 0.4) is 0 Å². The molecular weight excluding hydrogens is 196 g/mol. The number of aliphatic hydroxyl groups excluding tert-OH is 2. The summed E-state index contributed by atoms with van der Waals surface area (Å²) in [4.78, 5) is 11.0. The van der Waals surface area contributed by atoms with E-state index in [1.807, 2.05) is 30.3 Å². The Morgan fingerprint density at radius 3 is 2.60 bits per heavy atom. The molecule has 0 aliphatic carbocycles. The molecule has 0 spiro atoms. The maximum absolute atomic E-state index is 11.0. The van der Waals surface area contributed by atoms with E-state index in [-0.39, 0.29) is 6.61 Å². The molecule has 1 atom stereocenters. The van der Waals surface area contributed by atoms with Crippen molar-refractivity contribution in [1.82, 2.24) is 0 Å². The number of Topliss-reactive ketones (excluding diaryl/α,β-unsaturated/α-hetero) is 1. The molecule has 1 rings (SSSR count). The molecule has 0 unspecified atom stereocenters. The first-order valence-electron chi connectivity index (χ1n) is 4.67. The molecule has 4 heteroatoms. The Morgan fingerprint density at radius 1 is 1.33 bits per heavy atom. The Balaban J connectivity index is 2.25. The van der Waals surface area contributed by atoms with Crippen LogP contribution in [0.15, 0.2) is 30.3 Å². The smallest absolute Gasteiger partial charge is 0.189 e. The lowest BCUT2D eigenvalue weighted by molar-refractivity contribution is -0.134. The molecule has 0 amide bonds. The van der Waals surface area contributed by atoms with Crippen LogP contribution >= 0.6 is 0 Å². The van der Waals surface area contributed by atoms with Crippen LogP contribution in [-0.4, -0.2) is 35.3 Å². The van der Waals surface area contributed by atoms with Gasteiger partial charge in [0, 0.05) is 0 Å². The summed E-state index contributed by atoms with van der Waals surface area (Å²) >= 11 is 0. The summed E-state index contributed by atoms with van der Waals surface area (Å²) in [5.74, 6) is -0.506. The molecule has 0 radical (unpaired) electrons. The molecule has 0 aromatic heterocycles. The maximum Gasteiger partial charge on any atom is 0.189 e. The largest absolute Gasteiger partial charge is 0.393 e. The van der Waals surface area contributed by atoms with Crippen molar-refractivity contribution in [3.05, 3.63) is 35.9 Å². The van der Waals surface area contributed by atoms with Crippen molar-refractivity contribution in [3.8, 4) is 0 Å². The van der Waals surface area contributed by atoms with Gasteiger partial charge in [-0.05, 0) is 5.56 Å². The van der Waals surface area contributed by atoms with Crippen molar-refractivity contribution < 1.29 is 19.7 Å². The highest BCUT2D eigenvalue weighted by molar-refractivity contribution is 5.84. The van der Waals surface area contributed by atoms with Gasteiger partial charge < -0.3 is 14.9 Å². The Bertz CT molecular complexity index is 297. The molecule has 0 fully saturated rings. The van der Waals surface area contributed by atoms with E-state index in [1.165, 1.54) is 0 Å². The van der Waals surface area contributed by atoms with E-state index in [4.69, 9.17) is 14.9 Å². The van der Waals surface area contributed by atoms with E-state index in [2.05, 4.69) is 0 Å². The minimum absolute atomic E-state index is 0.184. The van der Waals surface area contributed by atoms with E-state index in [1.54, 1.807) is 0 Å². The lowest BCUT2D eigenvalue weighted by Crippen LogP contribution is -2.28. The number of carbonyl (C=O) groups excluding carboxylic acids is 1. The molecule has 0 saturated heterocycles. The van der Waals surface area contributed by atoms with Crippen LogP contribution < -0.4 is 0 Å². The number of benzene rings is 1. The minimum Gasteiger partial charge on any atom is -0.393 e. The van der Waals surface area contributed by atoms with E-state index in [0.29, 0.717) is 6.61 Å². The third-order valence-electron chi connectivity index (χ3n) is 1.90. The van der Waals surface area contributed by atoms with Gasteiger partial charge in [-0.25, -0.2) is 0 Å². The van der Waals surface area contributed by atoms with Gasteiger partial charge in [-0.3, -0.25) is 4.79 Å². The highest BCUT2D eigenvalue weighted by Gasteiger charge is 2.13. The lowest BCUT2D eigenvalue weighted by Gasteiger charge is -2.06. The second-order valence-corrected chi connectivity index (χ2v) is 3.14. The fourth-order valence-electron chi connectivity index (χ4n) is 1.04. The van der Waals surface area contributed by atoms with Gasteiger partial charge in [0.25, 0.3) is 0 Å². The average molecular weight is 210 g/mol. The molecule has 2 N–H and O–H groups in total. The molecular formula is C11H14O4. The predicted molar refractivity (Wildman–Crippen MR) is 54.2 cm³/mol. The summed E-state index contributed by atoms with van der Waals surface area (Å²) in [6.45, 7) is -0.422. The van der Waals surface area contributed by atoms with Crippen molar-refractivity contribution in [2.24, 2.45) is 0 Å². The number of hydrogen-bond donors (Lipinski definition) is 2. The summed E-state index contributed by atoms with van der Waals surface area (Å²) in [5, 5.41) is 17.4. The van der Waals surface area contributed by atoms with E-state index < -0.39 is 18.5 Å². The SMILES string of the molecule is O=C(COCc1ccccc1)[C@@H](O)CO. The molecule has 0 aliphatic heterocycles. The second kappa shape index (κ2) is 6.29. The van der Waals surface area contributed by atoms with Crippen LogP contribution in [0.2, 0.25) is 0 Å². The van der Waals surface area contributed by atoms with Gasteiger partial charge in [0.2, 0.25) is 0 Å². The van der Waals surface area contributed by atoms with Crippen molar-refractivity contribution in [1.29, 1.82) is 0 Å². The van der Waals surface area contributed by atoms with Crippen LogP contribution in [0.4, 0.5) is 0 Å². The van der Waals surface area contributed by atoms with Gasteiger partial charge in [-0.1, -0.05) is 30.3 Å². The summed E-state index contributed by atoms with van der Waals surface area (Å²) < 4.78 is 5.08. The molecule has 15 heavy (non-hydrogen) atoms. The predicted octanol–water partition coefficient (Wildman–Crippen LogP) is 0.126. The molecule has 82 valence electrons. The fourth-order valence-corrected chi connectivity index (χ4v) is 1.04. The van der Waals surface area contributed by atoms with Gasteiger partial charge >= 0.3 is 0 Å². The molecule has 4 nitrogen and oxygen atoms in total. The summed E-state index contributed by atoms with van der Waals surface area (Å²) in [6.07, 6.45) is -1.33. The number of hydrogen-bond acceptors (Lipinski definition) is 4. The number of ketones is 1. The van der Waals surface area contributed by atoms with Crippen molar-refractivity contribution in [3.63, 3.8) is 0 Å². The third kappa shape index (κ3) is 4.20. The van der Waals surface area contributed by atoms with Crippen LogP contribution in [0.25, 0.3) is 0 Å². The zero-order valence-corrected chi connectivity index (χ0v) is 8.30. The number of rotatable bonds is 6. The van der Waals surface area contributed by atoms with Gasteiger partial charge in [-0.2, -0.15) is 0 Å². The van der Waals surface area contributed by atoms with Crippen LogP contribution in [0.5, 0.6) is 0 Å². The van der Waals surface area contributed by atoms with Gasteiger partial charge in [-0.15, -0.1) is 0 Å². The van der Waals surface area contributed by atoms with E-state index in [0.717, 1.165) is 5.56 Å². The molecule has 1 aromatic rings. The fraction of sp³-hybridized carbons (Fsp3) is 0.364. The standard InChI is InChI=1S/C11H14O4/c12-6-10(13)11(14)8-15-7-9-4-2-1-3-5-9/h1-5,10,12-13H,6-8H2/t10-/m0/s1. The minimum atomic E-state index is -1.33. The average Bonchev–Trinajstić information content (AvgIpc) is 2.29. The van der Waals surface area contributed by atoms with Gasteiger partial charge in [0.05, 0.1) is 13.2 Å². The Hall–Kier alpha value is -1.23. The first-order valence-corrected chi connectivity index (χ1v) is 4.67. The van der Waals surface area contributed by atoms with E-state index in [9.17, 15) is 4.79 Å². The highest BCUT2D eigenvalue weighted by atomic mass is 16.5. The van der Waals surface area contributed by atoms with Crippen molar-refractivity contribution in [2.75, 3.05) is 13.2 Å². The highest BCUT2D eigenvalue weighted by Crippen LogP contribution is 2.00. The summed E-state index contributed by atoms with van der Waals surface area (Å²) in [7, 11) is 0. The number of carbonyl (C=O) groups is 1. The first kappa shape index (κ1) is 11.8. The zero-order valence-electron chi connectivity index (χ0n) is 8.30. The van der Waals surface area contributed by atoms with Crippen LogP contribution in [0.1, 0.15) is 5.56 Å². The third-order valence-corrected chi connectivity index (χ3v) is 1.90. The van der Waals surface area contributed by atoms with Crippen molar-refractivity contribution >= 4 is 5.78 Å². The first-order chi connectivity index (χ1) is 7.24. The second-order valence-electron chi connectivity index (χ2n) is 3.14.